The average Bonchev–Trinajstić information content (AvgIpc) is 3.17. The van der Waals surface area contributed by atoms with Crippen LogP contribution in [0.2, 0.25) is 0 Å². The first-order chi connectivity index (χ1) is 27.6. The molecule has 57 heavy (non-hydrogen) atoms. The first-order valence-electron chi connectivity index (χ1n) is 22.5. The number of hydrogen-bond donors (Lipinski definition) is 0. The first kappa shape index (κ1) is 53.8. The lowest BCUT2D eigenvalue weighted by Gasteiger charge is -2.34. The van der Waals surface area contributed by atoms with Crippen molar-refractivity contribution in [2.75, 3.05) is 41.0 Å². The predicted molar refractivity (Wildman–Crippen MR) is 235 cm³/mol. The molecule has 0 aromatic carbocycles. The summed E-state index contributed by atoms with van der Waals surface area (Å²) in [6.45, 7) is 4.46. The molecule has 0 rings (SSSR count). The van der Waals surface area contributed by atoms with Crippen molar-refractivity contribution < 1.29 is 38.2 Å². The molecule has 0 saturated carbocycles. The number of carbonyl (C=O) groups excluding carboxylic acids is 3. The van der Waals surface area contributed by atoms with Gasteiger partial charge in [-0.2, -0.15) is 0 Å². The van der Waals surface area contributed by atoms with Crippen molar-refractivity contribution in [2.45, 2.75) is 180 Å². The molecule has 0 radical (unpaired) electrons. The van der Waals surface area contributed by atoms with E-state index in [4.69, 9.17) is 14.2 Å². The smallest absolute Gasteiger partial charge is 0.306 e. The van der Waals surface area contributed by atoms with Crippen LogP contribution in [0.25, 0.3) is 0 Å². The van der Waals surface area contributed by atoms with E-state index in [1.54, 1.807) is 21.1 Å². The number of rotatable bonds is 39. The van der Waals surface area contributed by atoms with Gasteiger partial charge in [0, 0.05) is 19.3 Å². The third kappa shape index (κ3) is 38.1. The maximum Gasteiger partial charge on any atom is 0.306 e. The van der Waals surface area contributed by atoms with Crippen molar-refractivity contribution >= 4 is 17.9 Å². The van der Waals surface area contributed by atoms with Crippen molar-refractivity contribution in [2.24, 2.45) is 0 Å². The second kappa shape index (κ2) is 39.6. The second-order valence-electron chi connectivity index (χ2n) is 15.9. The highest BCUT2D eigenvalue weighted by Gasteiger charge is 2.25. The second-order valence-corrected chi connectivity index (χ2v) is 15.9. The van der Waals surface area contributed by atoms with Gasteiger partial charge in [0.1, 0.15) is 12.6 Å². The molecule has 0 aliphatic heterocycles. The van der Waals surface area contributed by atoms with Gasteiger partial charge in [0.15, 0.2) is 6.10 Å². The molecule has 0 heterocycles. The number of quaternary nitrogens is 1. The first-order valence-corrected chi connectivity index (χ1v) is 22.5. The van der Waals surface area contributed by atoms with Crippen LogP contribution in [-0.2, 0) is 28.6 Å². The number of ether oxygens (including phenoxy) is 3. The van der Waals surface area contributed by atoms with E-state index < -0.39 is 18.1 Å². The number of carbonyl (C=O) groups is 3. The molecule has 0 aliphatic rings. The van der Waals surface area contributed by atoms with Gasteiger partial charge in [-0.15, -0.1) is 0 Å². The average molecular weight is 798 g/mol. The molecule has 326 valence electrons. The summed E-state index contributed by atoms with van der Waals surface area (Å²) < 4.78 is 17.1. The fourth-order valence-corrected chi connectivity index (χ4v) is 6.08. The zero-order valence-corrected chi connectivity index (χ0v) is 37.0. The maximum atomic E-state index is 12.7. The number of hydrogen-bond acceptors (Lipinski definition) is 7. The summed E-state index contributed by atoms with van der Waals surface area (Å²) in [5, 5.41) is 11.6. The van der Waals surface area contributed by atoms with E-state index in [1.807, 2.05) is 0 Å². The molecule has 2 unspecified atom stereocenters. The number of carboxylic acid groups (broad SMARTS) is 1. The standard InChI is InChI=1S/C49H83NO7/c1-6-8-10-12-14-16-18-19-20-21-22-23-24-25-26-27-28-29-30-32-33-35-37-39-47(51)56-44-45(43-55-42-41-46(49(53)54)50(3,4)5)57-48(52)40-38-36-34-31-17-15-13-11-9-7-2/h8,10,13-16,19-20,22-23,25-26,45-46H,6-7,9,11-12,17-18,21,24,27-44H2,1-5H3/b10-8+,15-13+,16-14+,20-19+,23-22+,26-25+. The molecule has 0 aliphatic carbocycles. The Labute approximate surface area is 349 Å². The van der Waals surface area contributed by atoms with E-state index in [9.17, 15) is 19.5 Å². The van der Waals surface area contributed by atoms with Gasteiger partial charge < -0.3 is 28.6 Å². The largest absolute Gasteiger partial charge is 0.544 e. The molecule has 8 heteroatoms. The number of nitrogens with zero attached hydrogens (tertiary/aromatic N) is 1. The molecular formula is C49H83NO7. The summed E-state index contributed by atoms with van der Waals surface area (Å²) in [4.78, 5) is 36.8. The van der Waals surface area contributed by atoms with Crippen LogP contribution in [0.15, 0.2) is 72.9 Å². The van der Waals surface area contributed by atoms with Crippen molar-refractivity contribution in [3.63, 3.8) is 0 Å². The van der Waals surface area contributed by atoms with Gasteiger partial charge in [-0.05, 0) is 77.0 Å². The Morgan fingerprint density at radius 2 is 0.982 bits per heavy atom. The SMILES string of the molecule is CC/C=C/C/C=C/C/C=C/C/C=C/C/C=C/CCCCCCCCCC(=O)OCC(COCCC(C(=O)[O-])[N+](C)(C)C)OC(=O)CCCCCC/C=C/CCCC. The Kier molecular flexibility index (Phi) is 37.3. The number of unbranched alkanes of at least 4 members (excludes halogenated alkanes) is 13. The summed E-state index contributed by atoms with van der Waals surface area (Å²) >= 11 is 0. The Morgan fingerprint density at radius 1 is 0.544 bits per heavy atom. The van der Waals surface area contributed by atoms with Crippen LogP contribution >= 0.6 is 0 Å². The van der Waals surface area contributed by atoms with Crippen LogP contribution in [0, 0.1) is 0 Å². The molecule has 0 saturated heterocycles. The normalized spacial score (nSPS) is 13.6. The van der Waals surface area contributed by atoms with E-state index in [0.29, 0.717) is 12.8 Å². The Bertz CT molecular complexity index is 1160. The summed E-state index contributed by atoms with van der Waals surface area (Å²) in [6, 6.07) is -0.731. The fourth-order valence-electron chi connectivity index (χ4n) is 6.08. The molecular weight excluding hydrogens is 715 g/mol. The van der Waals surface area contributed by atoms with E-state index in [1.165, 1.54) is 38.5 Å². The summed E-state index contributed by atoms with van der Waals surface area (Å²) in [6.07, 6.45) is 49.3. The van der Waals surface area contributed by atoms with Crippen LogP contribution in [0.4, 0.5) is 0 Å². The highest BCUT2D eigenvalue weighted by atomic mass is 16.6. The molecule has 0 bridgehead atoms. The van der Waals surface area contributed by atoms with Crippen LogP contribution in [0.5, 0.6) is 0 Å². The lowest BCUT2D eigenvalue weighted by Crippen LogP contribution is -2.55. The van der Waals surface area contributed by atoms with Crippen molar-refractivity contribution in [3.8, 4) is 0 Å². The van der Waals surface area contributed by atoms with Gasteiger partial charge in [0.25, 0.3) is 0 Å². The third-order valence-corrected chi connectivity index (χ3v) is 9.58. The minimum Gasteiger partial charge on any atom is -0.544 e. The Hall–Kier alpha value is -3.23. The van der Waals surface area contributed by atoms with E-state index in [2.05, 4.69) is 86.8 Å². The number of aliphatic carboxylic acids is 1. The topological polar surface area (TPSA) is 102 Å². The monoisotopic (exact) mass is 798 g/mol. The minimum atomic E-state index is -1.13. The third-order valence-electron chi connectivity index (χ3n) is 9.58. The number of carboxylic acids is 1. The predicted octanol–water partition coefficient (Wildman–Crippen LogP) is 11.0. The molecule has 0 aromatic heterocycles. The molecule has 0 aromatic rings. The van der Waals surface area contributed by atoms with Crippen molar-refractivity contribution in [3.05, 3.63) is 72.9 Å². The zero-order chi connectivity index (χ0) is 42.1. The van der Waals surface area contributed by atoms with Crippen LogP contribution in [0.3, 0.4) is 0 Å². The highest BCUT2D eigenvalue weighted by molar-refractivity contribution is 5.70. The summed E-state index contributed by atoms with van der Waals surface area (Å²) in [7, 11) is 5.39. The highest BCUT2D eigenvalue weighted by Crippen LogP contribution is 2.13. The van der Waals surface area contributed by atoms with E-state index >= 15 is 0 Å². The van der Waals surface area contributed by atoms with Gasteiger partial charge in [-0.25, -0.2) is 0 Å². The van der Waals surface area contributed by atoms with Gasteiger partial charge in [0.2, 0.25) is 0 Å². The maximum absolute atomic E-state index is 12.7. The molecule has 2 atom stereocenters. The van der Waals surface area contributed by atoms with Gasteiger partial charge in [0.05, 0.1) is 40.3 Å². The van der Waals surface area contributed by atoms with Crippen LogP contribution in [-0.4, -0.2) is 75.5 Å². The minimum absolute atomic E-state index is 0.0291. The Balaban J connectivity index is 4.27. The van der Waals surface area contributed by atoms with Gasteiger partial charge >= 0.3 is 11.9 Å². The number of likely N-dealkylation sites (N-methyl/N-ethyl adjacent to an activating group) is 1. The molecule has 0 fully saturated rings. The summed E-state index contributed by atoms with van der Waals surface area (Å²) in [5.74, 6) is -1.78. The molecule has 0 N–H and O–H groups in total. The van der Waals surface area contributed by atoms with Crippen molar-refractivity contribution in [1.82, 2.24) is 0 Å². The molecule has 0 amide bonds. The van der Waals surface area contributed by atoms with Crippen LogP contribution in [0.1, 0.15) is 168 Å². The van der Waals surface area contributed by atoms with Gasteiger partial charge in [-0.1, -0.05) is 145 Å². The fraction of sp³-hybridized carbons (Fsp3) is 0.694. The Morgan fingerprint density at radius 3 is 1.47 bits per heavy atom. The summed E-state index contributed by atoms with van der Waals surface area (Å²) in [5.41, 5.74) is 0. The lowest BCUT2D eigenvalue weighted by atomic mass is 10.1. The van der Waals surface area contributed by atoms with Crippen LogP contribution < -0.4 is 5.11 Å². The number of esters is 2. The van der Waals surface area contributed by atoms with Crippen molar-refractivity contribution in [1.29, 1.82) is 0 Å². The lowest BCUT2D eigenvalue weighted by molar-refractivity contribution is -0.889. The number of allylic oxidation sites excluding steroid dienone is 12. The van der Waals surface area contributed by atoms with E-state index in [0.717, 1.165) is 96.3 Å². The van der Waals surface area contributed by atoms with E-state index in [-0.39, 0.29) is 42.7 Å². The van der Waals surface area contributed by atoms with Gasteiger partial charge in [-0.3, -0.25) is 9.59 Å². The molecule has 8 nitrogen and oxygen atoms in total. The molecule has 0 spiro atoms. The quantitative estimate of drug-likeness (QED) is 0.0264. The zero-order valence-electron chi connectivity index (χ0n) is 37.0.